The molecule has 9 heteroatoms. The molecule has 2 saturated heterocycles. The molecular formula is C21H23BrN6O2. The molecule has 1 unspecified atom stereocenters. The van der Waals surface area contributed by atoms with E-state index in [1.165, 1.54) is 7.11 Å². The molecule has 0 radical (unpaired) electrons. The molecule has 3 aromatic heterocycles. The second kappa shape index (κ2) is 7.23. The third kappa shape index (κ3) is 3.12. The predicted molar refractivity (Wildman–Crippen MR) is 118 cm³/mol. The molecule has 0 aromatic carbocycles. The molecule has 0 saturated carbocycles. The van der Waals surface area contributed by atoms with Crippen molar-refractivity contribution in [1.29, 1.82) is 0 Å². The fraction of sp³-hybridized carbons (Fsp3) is 0.429. The first-order valence-corrected chi connectivity index (χ1v) is 10.8. The van der Waals surface area contributed by atoms with Gasteiger partial charge < -0.3 is 19.5 Å². The second-order valence-electron chi connectivity index (χ2n) is 8.40. The van der Waals surface area contributed by atoms with Gasteiger partial charge in [0.05, 0.1) is 12.5 Å². The highest BCUT2D eigenvalue weighted by atomic mass is 79.9. The van der Waals surface area contributed by atoms with Gasteiger partial charge in [-0.3, -0.25) is 0 Å². The predicted octanol–water partition coefficient (Wildman–Crippen LogP) is 3.25. The number of anilines is 2. The molecule has 2 atom stereocenters. The Balaban J connectivity index is 1.43. The van der Waals surface area contributed by atoms with E-state index in [4.69, 9.17) is 4.74 Å². The molecule has 2 aliphatic heterocycles. The maximum Gasteiger partial charge on any atom is 0.341 e. The molecule has 0 amide bonds. The van der Waals surface area contributed by atoms with Crippen LogP contribution in [0.1, 0.15) is 23.7 Å². The average Bonchev–Trinajstić information content (AvgIpc) is 3.36. The number of ether oxygens (including phenoxy) is 1. The number of nitrogens with one attached hydrogen (secondary N) is 1. The number of aromatic nitrogens is 4. The summed E-state index contributed by atoms with van der Waals surface area (Å²) >= 11 is 3.41. The first-order chi connectivity index (χ1) is 14.5. The summed E-state index contributed by atoms with van der Waals surface area (Å²) < 4.78 is 5.76. The van der Waals surface area contributed by atoms with Crippen molar-refractivity contribution in [3.63, 3.8) is 0 Å². The van der Waals surface area contributed by atoms with E-state index in [1.807, 2.05) is 12.3 Å². The lowest BCUT2D eigenvalue weighted by Crippen LogP contribution is -2.47. The van der Waals surface area contributed by atoms with E-state index in [2.05, 4.69) is 52.6 Å². The van der Waals surface area contributed by atoms with Gasteiger partial charge in [0, 0.05) is 48.5 Å². The van der Waals surface area contributed by atoms with Gasteiger partial charge in [-0.1, -0.05) is 6.92 Å². The van der Waals surface area contributed by atoms with Crippen LogP contribution >= 0.6 is 15.9 Å². The highest BCUT2D eigenvalue weighted by Crippen LogP contribution is 2.45. The molecule has 2 aliphatic rings. The zero-order chi connectivity index (χ0) is 20.9. The van der Waals surface area contributed by atoms with Gasteiger partial charge in [-0.25, -0.2) is 19.7 Å². The van der Waals surface area contributed by atoms with Crippen molar-refractivity contribution >= 4 is 44.6 Å². The van der Waals surface area contributed by atoms with Gasteiger partial charge in [0.25, 0.3) is 0 Å². The van der Waals surface area contributed by atoms with Crippen molar-refractivity contribution in [1.82, 2.24) is 19.9 Å². The zero-order valence-electron chi connectivity index (χ0n) is 16.9. The standard InChI is InChI=1S/C21H23BrN6O2/c1-21-10-27(18-15-3-5-23-17(15)25-12-26-18)6-4-13(21)9-28(11-21)19-16(20(29)30-2)7-14(22)8-24-19/h3,5,7-8,12-13H,4,6,9-11H2,1-2H3,(H,23,25,26)/t13?,21-/m0/s1. The number of rotatable bonds is 3. The fourth-order valence-corrected chi connectivity index (χ4v) is 5.29. The van der Waals surface area contributed by atoms with Crippen LogP contribution in [0.3, 0.4) is 0 Å². The van der Waals surface area contributed by atoms with Crippen LogP contribution in [0.25, 0.3) is 11.0 Å². The number of nitrogens with zero attached hydrogens (tertiary/aromatic N) is 5. The van der Waals surface area contributed by atoms with E-state index in [9.17, 15) is 4.79 Å². The van der Waals surface area contributed by atoms with Crippen molar-refractivity contribution in [2.24, 2.45) is 11.3 Å². The summed E-state index contributed by atoms with van der Waals surface area (Å²) in [5.41, 5.74) is 1.42. The summed E-state index contributed by atoms with van der Waals surface area (Å²) in [7, 11) is 1.40. The van der Waals surface area contributed by atoms with E-state index in [0.29, 0.717) is 17.3 Å². The molecule has 30 heavy (non-hydrogen) atoms. The number of esters is 1. The van der Waals surface area contributed by atoms with Crippen LogP contribution in [-0.4, -0.2) is 59.2 Å². The summed E-state index contributed by atoms with van der Waals surface area (Å²) in [5.74, 6) is 1.84. The first kappa shape index (κ1) is 19.3. The largest absolute Gasteiger partial charge is 0.465 e. The van der Waals surface area contributed by atoms with Crippen molar-refractivity contribution < 1.29 is 9.53 Å². The third-order valence-electron chi connectivity index (χ3n) is 6.45. The van der Waals surface area contributed by atoms with Crippen LogP contribution < -0.4 is 9.80 Å². The van der Waals surface area contributed by atoms with Crippen molar-refractivity contribution in [3.8, 4) is 0 Å². The highest BCUT2D eigenvalue weighted by molar-refractivity contribution is 9.10. The van der Waals surface area contributed by atoms with Crippen LogP contribution in [-0.2, 0) is 4.74 Å². The Morgan fingerprint density at radius 3 is 2.93 bits per heavy atom. The number of piperidine rings is 1. The maximum atomic E-state index is 12.3. The summed E-state index contributed by atoms with van der Waals surface area (Å²) in [6.45, 7) is 5.88. The van der Waals surface area contributed by atoms with E-state index in [1.54, 1.807) is 18.6 Å². The Morgan fingerprint density at radius 1 is 1.27 bits per heavy atom. The molecule has 5 heterocycles. The molecule has 0 spiro atoms. The lowest BCUT2D eigenvalue weighted by molar-refractivity contribution is 0.0601. The Bertz CT molecular complexity index is 1120. The molecule has 8 nitrogen and oxygen atoms in total. The van der Waals surface area contributed by atoms with Crippen molar-refractivity contribution in [2.45, 2.75) is 13.3 Å². The summed E-state index contributed by atoms with van der Waals surface area (Å²) in [4.78, 5) is 33.6. The Hall–Kier alpha value is -2.68. The number of hydrogen-bond donors (Lipinski definition) is 1. The number of H-pyrrole nitrogens is 1. The van der Waals surface area contributed by atoms with Gasteiger partial charge >= 0.3 is 5.97 Å². The molecule has 5 rings (SSSR count). The first-order valence-electron chi connectivity index (χ1n) is 10.0. The number of methoxy groups -OCH3 is 1. The Morgan fingerprint density at radius 2 is 2.10 bits per heavy atom. The number of fused-ring (bicyclic) bond motifs is 2. The third-order valence-corrected chi connectivity index (χ3v) is 6.88. The summed E-state index contributed by atoms with van der Waals surface area (Å²) in [6.07, 6.45) is 6.33. The van der Waals surface area contributed by atoms with Gasteiger partial charge in [0.1, 0.15) is 29.2 Å². The monoisotopic (exact) mass is 470 g/mol. The lowest BCUT2D eigenvalue weighted by Gasteiger charge is -2.42. The number of halogens is 1. The Kier molecular flexibility index (Phi) is 4.65. The molecule has 0 aliphatic carbocycles. The minimum Gasteiger partial charge on any atom is -0.465 e. The zero-order valence-corrected chi connectivity index (χ0v) is 18.5. The highest BCUT2D eigenvalue weighted by Gasteiger charge is 2.47. The van der Waals surface area contributed by atoms with Crippen LogP contribution in [0, 0.1) is 11.3 Å². The van der Waals surface area contributed by atoms with E-state index < -0.39 is 0 Å². The molecule has 156 valence electrons. The Labute approximate surface area is 182 Å². The van der Waals surface area contributed by atoms with Gasteiger partial charge in [-0.15, -0.1) is 0 Å². The van der Waals surface area contributed by atoms with E-state index in [-0.39, 0.29) is 11.4 Å². The molecule has 2 fully saturated rings. The van der Waals surface area contributed by atoms with Crippen LogP contribution in [0.4, 0.5) is 11.6 Å². The fourth-order valence-electron chi connectivity index (χ4n) is 4.96. The number of aromatic amines is 1. The topological polar surface area (TPSA) is 87.2 Å². The average molecular weight is 471 g/mol. The molecule has 0 bridgehead atoms. The van der Waals surface area contributed by atoms with Gasteiger partial charge in [0.15, 0.2) is 0 Å². The van der Waals surface area contributed by atoms with Gasteiger partial charge in [0.2, 0.25) is 0 Å². The van der Waals surface area contributed by atoms with Crippen molar-refractivity contribution in [3.05, 3.63) is 40.9 Å². The normalized spacial score (nSPS) is 23.6. The molecule has 1 N–H and O–H groups in total. The van der Waals surface area contributed by atoms with Crippen molar-refractivity contribution in [2.75, 3.05) is 43.1 Å². The lowest BCUT2D eigenvalue weighted by atomic mass is 9.75. The van der Waals surface area contributed by atoms with Gasteiger partial charge in [-0.05, 0) is 40.4 Å². The van der Waals surface area contributed by atoms with E-state index in [0.717, 1.165) is 53.9 Å². The summed E-state index contributed by atoms with van der Waals surface area (Å²) in [6, 6.07) is 3.82. The van der Waals surface area contributed by atoms with E-state index >= 15 is 0 Å². The number of pyridine rings is 1. The maximum absolute atomic E-state index is 12.3. The second-order valence-corrected chi connectivity index (χ2v) is 9.31. The quantitative estimate of drug-likeness (QED) is 0.587. The number of carbonyl (C=O) groups excluding carboxylic acids is 1. The number of carbonyl (C=O) groups is 1. The molecule has 3 aromatic rings. The molecular weight excluding hydrogens is 448 g/mol. The van der Waals surface area contributed by atoms with Gasteiger partial charge in [-0.2, -0.15) is 0 Å². The number of hydrogen-bond acceptors (Lipinski definition) is 7. The van der Waals surface area contributed by atoms with Crippen LogP contribution in [0.15, 0.2) is 35.3 Å². The SMILES string of the molecule is COC(=O)c1cc(Br)cnc1N1CC2CCN(c3ncnc4[nH]ccc34)C[C@@]2(C)C1. The van der Waals surface area contributed by atoms with Crippen LogP contribution in [0.5, 0.6) is 0 Å². The smallest absolute Gasteiger partial charge is 0.341 e. The summed E-state index contributed by atoms with van der Waals surface area (Å²) in [5, 5.41) is 1.05. The minimum absolute atomic E-state index is 0.0635. The van der Waals surface area contributed by atoms with Crippen LogP contribution in [0.2, 0.25) is 0 Å². The minimum atomic E-state index is -0.365.